The highest BCUT2D eigenvalue weighted by atomic mass is 15.2. The van der Waals surface area contributed by atoms with E-state index in [-0.39, 0.29) is 0 Å². The van der Waals surface area contributed by atoms with Gasteiger partial charge in [-0.2, -0.15) is 0 Å². The summed E-state index contributed by atoms with van der Waals surface area (Å²) in [6, 6.07) is 124. The maximum Gasteiger partial charge on any atom is 0.234 e. The van der Waals surface area contributed by atoms with Gasteiger partial charge < -0.3 is 22.8 Å². The van der Waals surface area contributed by atoms with Crippen LogP contribution in [0.25, 0.3) is 275 Å². The zero-order valence-electron chi connectivity index (χ0n) is 79.6. The van der Waals surface area contributed by atoms with E-state index >= 15 is 0 Å². The summed E-state index contributed by atoms with van der Waals surface area (Å²) < 4.78 is 18.4. The lowest BCUT2D eigenvalue weighted by atomic mass is 10.0. The predicted molar refractivity (Wildman–Crippen MR) is 601 cm³/mol. The van der Waals surface area contributed by atoms with Gasteiger partial charge in [0.1, 0.15) is 37.5 Å². The summed E-state index contributed by atoms with van der Waals surface area (Å²) in [6.07, 6.45) is 30.3. The van der Waals surface area contributed by atoms with Crippen molar-refractivity contribution < 1.29 is 0 Å². The van der Waals surface area contributed by atoms with E-state index in [1.807, 2.05) is 104 Å². The highest BCUT2D eigenvalue weighted by molar-refractivity contribution is 6.40. The first-order chi connectivity index (χ1) is 74.6. The van der Waals surface area contributed by atoms with E-state index in [1.165, 1.54) is 5.39 Å². The monoisotopic (exact) mass is 1920 g/mol. The van der Waals surface area contributed by atoms with Crippen LogP contribution in [0.4, 0.5) is 0 Å². The fraction of sp³-hybridized carbons (Fsp3) is 0. The van der Waals surface area contributed by atoms with Gasteiger partial charge in [0, 0.05) is 192 Å². The van der Waals surface area contributed by atoms with E-state index in [1.54, 1.807) is 56.4 Å². The second-order valence-corrected chi connectivity index (χ2v) is 36.9. The molecule has 0 saturated heterocycles. The molecule has 150 heavy (non-hydrogen) atoms. The van der Waals surface area contributed by atoms with E-state index in [2.05, 4.69) is 390 Å². The molecular weight excluding hydrogens is 1850 g/mol. The number of hydrogen-bond acceptors (Lipinski definition) is 16. The Kier molecular flexibility index (Phi) is 19.3. The Labute approximate surface area is 850 Å². The minimum absolute atomic E-state index is 0.628. The van der Waals surface area contributed by atoms with Crippen molar-refractivity contribution in [3.8, 4) is 57.4 Å². The number of benzene rings is 17. The molecule has 0 fully saturated rings. The third kappa shape index (κ3) is 12.7. The lowest BCUT2D eigenvalue weighted by Gasteiger charge is -2.13. The molecule has 0 aliphatic carbocycles. The van der Waals surface area contributed by atoms with Crippen LogP contribution >= 0.6 is 0 Å². The van der Waals surface area contributed by atoms with Gasteiger partial charge in [-0.3, -0.25) is 18.7 Å². The summed E-state index contributed by atoms with van der Waals surface area (Å²) in [5.41, 5.74) is 27.3. The molecule has 0 atom stereocenters. The predicted octanol–water partition coefficient (Wildman–Crippen LogP) is 28.1. The van der Waals surface area contributed by atoms with Crippen LogP contribution in [0, 0.1) is 0 Å². The van der Waals surface area contributed by atoms with Gasteiger partial charge in [-0.15, -0.1) is 0 Å². The summed E-state index contributed by atoms with van der Waals surface area (Å²) in [5.74, 6) is 2.88. The number of fused-ring (bicyclic) bond motifs is 40. The van der Waals surface area contributed by atoms with Crippen LogP contribution in [0.1, 0.15) is 0 Å². The highest BCUT2D eigenvalue weighted by Gasteiger charge is 2.33. The summed E-state index contributed by atoms with van der Waals surface area (Å²) in [4.78, 5) is 74.2. The van der Waals surface area contributed by atoms with E-state index in [0.717, 1.165) is 258 Å². The van der Waals surface area contributed by atoms with Gasteiger partial charge in [-0.1, -0.05) is 249 Å². The third-order valence-electron chi connectivity index (χ3n) is 29.1. The first-order valence-corrected chi connectivity index (χ1v) is 49.3. The van der Waals surface area contributed by atoms with Gasteiger partial charge in [-0.25, -0.2) is 74.8 Å². The summed E-state index contributed by atoms with van der Waals surface area (Å²) >= 11 is 0. The molecule has 0 aliphatic heterocycles. The zero-order valence-corrected chi connectivity index (χ0v) is 79.6. The van der Waals surface area contributed by atoms with Crippen LogP contribution in [0.15, 0.2) is 464 Å². The second kappa shape index (κ2) is 34.3. The average Bonchev–Trinajstić information content (AvgIpc) is 1.53. The summed E-state index contributed by atoms with van der Waals surface area (Å²) in [6.45, 7) is 0. The molecule has 700 valence electrons. The number of rotatable bonds is 9. The Hall–Kier alpha value is -21.2. The molecule has 0 unspecified atom stereocenters. The summed E-state index contributed by atoms with van der Waals surface area (Å²) in [7, 11) is 0. The molecule has 33 aromatic rings. The average molecular weight is 1930 g/mol. The van der Waals surface area contributed by atoms with Gasteiger partial charge in [0.25, 0.3) is 0 Å². The number of aromatic nitrogens is 24. The molecule has 24 heteroatoms. The van der Waals surface area contributed by atoms with Crippen LogP contribution in [0.3, 0.4) is 0 Å². The second-order valence-electron chi connectivity index (χ2n) is 36.9. The van der Waals surface area contributed by atoms with Gasteiger partial charge in [0.2, 0.25) is 5.95 Å². The summed E-state index contributed by atoms with van der Waals surface area (Å²) in [5, 5.41) is 22.1. The first-order valence-electron chi connectivity index (χ1n) is 49.3. The number of nitrogens with zero attached hydrogens (tertiary/aromatic N) is 24. The molecule has 17 aromatic carbocycles. The van der Waals surface area contributed by atoms with E-state index in [9.17, 15) is 0 Å². The van der Waals surface area contributed by atoms with Crippen molar-refractivity contribution in [3.63, 3.8) is 0 Å². The maximum absolute atomic E-state index is 5.14. The Bertz CT molecular complexity index is 10100. The largest absolute Gasteiger partial charge is 0.307 e. The van der Waals surface area contributed by atoms with Crippen LogP contribution in [0.2, 0.25) is 0 Å². The van der Waals surface area contributed by atoms with E-state index in [4.69, 9.17) is 29.9 Å². The zero-order chi connectivity index (χ0) is 98.5. The van der Waals surface area contributed by atoms with Crippen LogP contribution in [0.5, 0.6) is 0 Å². The van der Waals surface area contributed by atoms with Crippen LogP contribution in [-0.2, 0) is 0 Å². The Morgan fingerprint density at radius 2 is 0.427 bits per heavy atom. The molecule has 16 aromatic heterocycles. The van der Waals surface area contributed by atoms with Crippen molar-refractivity contribution in [2.75, 3.05) is 0 Å². The molecule has 0 spiro atoms. The lowest BCUT2D eigenvalue weighted by molar-refractivity contribution is 0.988. The van der Waals surface area contributed by atoms with Crippen molar-refractivity contribution >= 4 is 218 Å². The van der Waals surface area contributed by atoms with Crippen molar-refractivity contribution in [2.45, 2.75) is 0 Å². The molecule has 33 rings (SSSR count). The van der Waals surface area contributed by atoms with E-state index in [0.29, 0.717) is 11.8 Å². The molecule has 0 amide bonds. The third-order valence-corrected chi connectivity index (χ3v) is 29.1. The Balaban J connectivity index is 0.0000000921. The number of para-hydroxylation sites is 12. The molecular formula is C126H76N24. The van der Waals surface area contributed by atoms with Crippen LogP contribution in [-0.4, -0.2) is 116 Å². The van der Waals surface area contributed by atoms with Crippen molar-refractivity contribution in [1.82, 2.24) is 116 Å². The first kappa shape index (κ1) is 84.5. The minimum Gasteiger partial charge on any atom is -0.307 e. The van der Waals surface area contributed by atoms with Crippen molar-refractivity contribution in [1.29, 1.82) is 0 Å². The Morgan fingerprint density at radius 1 is 0.153 bits per heavy atom. The highest BCUT2D eigenvalue weighted by Crippen LogP contribution is 2.53. The smallest absolute Gasteiger partial charge is 0.234 e. The fourth-order valence-electron chi connectivity index (χ4n) is 23.4. The van der Waals surface area contributed by atoms with Gasteiger partial charge in [0.05, 0.1) is 135 Å². The topological polar surface area (TPSA) is 246 Å². The maximum atomic E-state index is 5.14. The van der Waals surface area contributed by atoms with Gasteiger partial charge in [0.15, 0.2) is 11.6 Å². The molecule has 0 N–H and O–H groups in total. The molecule has 16 heterocycles. The van der Waals surface area contributed by atoms with Gasteiger partial charge in [-0.05, 0) is 109 Å². The van der Waals surface area contributed by atoms with E-state index < -0.39 is 0 Å². The quantitative estimate of drug-likeness (QED) is 0.130. The van der Waals surface area contributed by atoms with Crippen molar-refractivity contribution in [2.24, 2.45) is 0 Å². The Morgan fingerprint density at radius 3 is 0.767 bits per heavy atom. The molecule has 24 nitrogen and oxygen atoms in total. The standard InChI is InChI=1S/C36H22N6.3C30H18N6/c1-3-11-23(12-4-1)36-38-20-19-30(40-36)42-29-18-10-8-16-26(29)32-33-27(21-37-22-39-33)31-25-15-7-9-17-28(25)41(34(31)35(32)42)24-13-5-2-6-14-24;1-2-9-19(10-3-1)35-23-13-6-4-11-20(23)25-22-17-31-18-34-27(22)26-21-12-5-7-14-24(21)36(29(26)28(25)35)30-32-15-8-16-33-30;1-2-8-19(9-3-1)35-24-12-6-4-10-21(24)26-23-16-33-18-34-28(23)27-22-11-5-7-13-25(22)36(30(27)29(26)35)20-14-31-17-32-15-20;1-2-8-19(9-3-1)35-23-12-6-4-10-20(23)26-22-16-32-18-34-28(22)27-21-11-5-7-13-24(21)36(30(27)29(26)35)25-17-31-14-15-33-25/h1-22H;3*1-18H. The molecule has 0 saturated carbocycles. The SMILES string of the molecule is c1ccc(-c2nccc(-n3c4ccccc4c4c5ncncc5c5c6ccccc6n(-c6ccccc6)c5c43)n2)cc1.c1ccc(-n2c3ccccc3c3c4cncnc4c4c5ccccc5n(-c5cnccn5)c4c32)cc1.c1ccc(-n2c3ccccc3c3c4cncnc4c4c5ccccc5n(-c5cncnc5)c4c32)cc1.c1ccc(-n2c3ccccc3c3c4cncnc4c4c5ccccc5n(-c5ncccn5)c4c32)cc1. The number of hydrogen-bond donors (Lipinski definition) is 0. The molecule has 0 aliphatic rings. The molecule has 0 radical (unpaired) electrons. The minimum atomic E-state index is 0.628. The fourth-order valence-corrected chi connectivity index (χ4v) is 23.4. The van der Waals surface area contributed by atoms with Crippen LogP contribution < -0.4 is 0 Å². The van der Waals surface area contributed by atoms with Crippen molar-refractivity contribution in [3.05, 3.63) is 464 Å². The normalized spacial score (nSPS) is 11.9. The van der Waals surface area contributed by atoms with Gasteiger partial charge >= 0.3 is 0 Å². The lowest BCUT2D eigenvalue weighted by Crippen LogP contribution is -2.02. The molecule has 0 bridgehead atoms.